The highest BCUT2D eigenvalue weighted by Gasteiger charge is 2.20. The summed E-state index contributed by atoms with van der Waals surface area (Å²) in [5.74, 6) is 0.104. The number of likely N-dealkylation sites (N-methyl/N-ethyl adjacent to an activating group) is 1. The fourth-order valence-electron chi connectivity index (χ4n) is 2.82. The van der Waals surface area contributed by atoms with Crippen LogP contribution < -0.4 is 5.32 Å². The van der Waals surface area contributed by atoms with E-state index in [1.54, 1.807) is 0 Å². The number of nitrogens with one attached hydrogen (secondary N) is 1. The molecule has 1 aliphatic carbocycles. The zero-order valence-corrected chi connectivity index (χ0v) is 11.1. The highest BCUT2D eigenvalue weighted by molar-refractivity contribution is 5.83. The van der Waals surface area contributed by atoms with Crippen molar-refractivity contribution < 1.29 is 4.79 Å². The third kappa shape index (κ3) is 2.14. The van der Waals surface area contributed by atoms with Crippen LogP contribution in [0.2, 0.25) is 0 Å². The first kappa shape index (κ1) is 12.0. The first-order valence-electron chi connectivity index (χ1n) is 6.75. The number of benzene rings is 2. The Morgan fingerprint density at radius 1 is 1.11 bits per heavy atom. The van der Waals surface area contributed by atoms with E-state index in [4.69, 9.17) is 0 Å². The van der Waals surface area contributed by atoms with Crippen molar-refractivity contribution in [3.05, 3.63) is 59.2 Å². The van der Waals surface area contributed by atoms with Crippen LogP contribution >= 0.6 is 0 Å². The Balaban J connectivity index is 1.97. The lowest BCUT2D eigenvalue weighted by Gasteiger charge is -2.08. The van der Waals surface area contributed by atoms with E-state index < -0.39 is 0 Å². The van der Waals surface area contributed by atoms with E-state index in [0.29, 0.717) is 13.0 Å². The van der Waals surface area contributed by atoms with E-state index in [-0.39, 0.29) is 5.91 Å². The van der Waals surface area contributed by atoms with Gasteiger partial charge in [0.2, 0.25) is 5.91 Å². The van der Waals surface area contributed by atoms with Gasteiger partial charge in [0.1, 0.15) is 0 Å². The summed E-state index contributed by atoms with van der Waals surface area (Å²) in [7, 11) is 0. The minimum absolute atomic E-state index is 0.104. The number of hydrogen-bond donors (Lipinski definition) is 1. The lowest BCUT2D eigenvalue weighted by atomic mass is 9.99. The predicted octanol–water partition coefficient (Wildman–Crippen LogP) is 2.94. The second-order valence-corrected chi connectivity index (χ2v) is 4.91. The van der Waals surface area contributed by atoms with E-state index in [2.05, 4.69) is 47.8 Å². The summed E-state index contributed by atoms with van der Waals surface area (Å²) in [5.41, 5.74) is 6.43. The van der Waals surface area contributed by atoms with Gasteiger partial charge in [0.05, 0.1) is 6.42 Å². The molecule has 0 aliphatic heterocycles. The molecule has 19 heavy (non-hydrogen) atoms. The zero-order valence-electron chi connectivity index (χ0n) is 11.1. The van der Waals surface area contributed by atoms with E-state index in [9.17, 15) is 4.79 Å². The first-order chi connectivity index (χ1) is 9.29. The minimum Gasteiger partial charge on any atom is -0.356 e. The van der Waals surface area contributed by atoms with Gasteiger partial charge in [-0.3, -0.25) is 4.79 Å². The third-order valence-corrected chi connectivity index (χ3v) is 3.67. The molecule has 3 rings (SSSR count). The van der Waals surface area contributed by atoms with Gasteiger partial charge in [-0.1, -0.05) is 42.5 Å². The number of hydrogen-bond acceptors (Lipinski definition) is 1. The molecule has 2 nitrogen and oxygen atoms in total. The molecule has 2 aromatic carbocycles. The average Bonchev–Trinajstić information content (AvgIpc) is 2.79. The summed E-state index contributed by atoms with van der Waals surface area (Å²) in [6.45, 7) is 2.64. The van der Waals surface area contributed by atoms with Crippen LogP contribution in [0.5, 0.6) is 0 Å². The van der Waals surface area contributed by atoms with Gasteiger partial charge >= 0.3 is 0 Å². The monoisotopic (exact) mass is 251 g/mol. The lowest BCUT2D eigenvalue weighted by Crippen LogP contribution is -2.24. The second kappa shape index (κ2) is 4.88. The topological polar surface area (TPSA) is 29.1 Å². The molecular weight excluding hydrogens is 234 g/mol. The van der Waals surface area contributed by atoms with Crippen LogP contribution in [0.4, 0.5) is 0 Å². The number of carbonyl (C=O) groups is 1. The van der Waals surface area contributed by atoms with Crippen LogP contribution in [-0.2, 0) is 17.6 Å². The van der Waals surface area contributed by atoms with E-state index in [0.717, 1.165) is 12.0 Å². The van der Waals surface area contributed by atoms with Crippen molar-refractivity contribution in [1.82, 2.24) is 5.32 Å². The van der Waals surface area contributed by atoms with Gasteiger partial charge in [0, 0.05) is 6.54 Å². The van der Waals surface area contributed by atoms with E-state index in [1.165, 1.54) is 22.3 Å². The van der Waals surface area contributed by atoms with Crippen molar-refractivity contribution in [3.8, 4) is 11.1 Å². The van der Waals surface area contributed by atoms with E-state index >= 15 is 0 Å². The number of amides is 1. The van der Waals surface area contributed by atoms with Crippen LogP contribution in [0.25, 0.3) is 11.1 Å². The molecule has 2 heteroatoms. The van der Waals surface area contributed by atoms with Crippen LogP contribution in [0.1, 0.15) is 23.6 Å². The second-order valence-electron chi connectivity index (χ2n) is 4.91. The van der Waals surface area contributed by atoms with Gasteiger partial charge in [0.15, 0.2) is 0 Å². The van der Waals surface area contributed by atoms with E-state index in [1.807, 2.05) is 6.92 Å². The summed E-state index contributed by atoms with van der Waals surface area (Å²) in [4.78, 5) is 11.8. The predicted molar refractivity (Wildman–Crippen MR) is 77.1 cm³/mol. The molecular formula is C17H17NO. The van der Waals surface area contributed by atoms with Crippen molar-refractivity contribution in [2.24, 2.45) is 0 Å². The highest BCUT2D eigenvalue weighted by Crippen LogP contribution is 2.38. The summed E-state index contributed by atoms with van der Waals surface area (Å²) >= 11 is 0. The Labute approximate surface area is 113 Å². The zero-order chi connectivity index (χ0) is 13.2. The summed E-state index contributed by atoms with van der Waals surface area (Å²) in [6, 6.07) is 14.8. The Bertz CT molecular complexity index is 631. The Kier molecular flexibility index (Phi) is 3.08. The summed E-state index contributed by atoms with van der Waals surface area (Å²) in [6.07, 6.45) is 1.42. The van der Waals surface area contributed by atoms with Crippen LogP contribution in [-0.4, -0.2) is 12.5 Å². The highest BCUT2D eigenvalue weighted by atomic mass is 16.1. The van der Waals surface area contributed by atoms with Gasteiger partial charge in [-0.15, -0.1) is 0 Å². The van der Waals surface area contributed by atoms with Crippen LogP contribution in [0.3, 0.4) is 0 Å². The van der Waals surface area contributed by atoms with Gasteiger partial charge in [-0.25, -0.2) is 0 Å². The molecule has 0 aromatic heterocycles. The van der Waals surface area contributed by atoms with Crippen molar-refractivity contribution in [1.29, 1.82) is 0 Å². The number of fused-ring (bicyclic) bond motifs is 3. The fourth-order valence-corrected chi connectivity index (χ4v) is 2.82. The molecule has 2 aromatic rings. The molecule has 0 fully saturated rings. The van der Waals surface area contributed by atoms with Crippen molar-refractivity contribution in [2.45, 2.75) is 19.8 Å². The number of rotatable bonds is 3. The summed E-state index contributed by atoms with van der Waals surface area (Å²) in [5, 5.41) is 2.87. The molecule has 96 valence electrons. The molecule has 0 atom stereocenters. The normalized spacial score (nSPS) is 11.8. The SMILES string of the molecule is CCNC(=O)Cc1cccc2c1Cc1ccccc1-2. The van der Waals surface area contributed by atoms with Crippen LogP contribution in [0, 0.1) is 0 Å². The van der Waals surface area contributed by atoms with Gasteiger partial charge in [-0.2, -0.15) is 0 Å². The van der Waals surface area contributed by atoms with Crippen LogP contribution in [0.15, 0.2) is 42.5 Å². The Hall–Kier alpha value is -2.09. The summed E-state index contributed by atoms with van der Waals surface area (Å²) < 4.78 is 0. The molecule has 0 unspecified atom stereocenters. The molecule has 1 amide bonds. The maximum absolute atomic E-state index is 11.8. The Morgan fingerprint density at radius 3 is 2.74 bits per heavy atom. The fraction of sp³-hybridized carbons (Fsp3) is 0.235. The van der Waals surface area contributed by atoms with Crippen molar-refractivity contribution >= 4 is 5.91 Å². The smallest absolute Gasteiger partial charge is 0.224 e. The lowest BCUT2D eigenvalue weighted by molar-refractivity contribution is -0.120. The Morgan fingerprint density at radius 2 is 1.89 bits per heavy atom. The molecule has 1 aliphatic rings. The third-order valence-electron chi connectivity index (χ3n) is 3.67. The molecule has 0 heterocycles. The largest absolute Gasteiger partial charge is 0.356 e. The van der Waals surface area contributed by atoms with Gasteiger partial charge in [0.25, 0.3) is 0 Å². The van der Waals surface area contributed by atoms with Crippen molar-refractivity contribution in [2.75, 3.05) is 6.54 Å². The molecule has 1 N–H and O–H groups in total. The van der Waals surface area contributed by atoms with Gasteiger partial charge in [-0.05, 0) is 41.2 Å². The maximum Gasteiger partial charge on any atom is 0.224 e. The average molecular weight is 251 g/mol. The standard InChI is InChI=1S/C17H17NO/c1-2-18-17(19)11-13-7-5-9-15-14-8-4-3-6-12(14)10-16(13)15/h3-9H,2,10-11H2,1H3,(H,18,19). The quantitative estimate of drug-likeness (QED) is 0.762. The first-order valence-corrected chi connectivity index (χ1v) is 6.75. The molecule has 0 saturated carbocycles. The van der Waals surface area contributed by atoms with Crippen molar-refractivity contribution in [3.63, 3.8) is 0 Å². The minimum atomic E-state index is 0.104. The van der Waals surface area contributed by atoms with Gasteiger partial charge < -0.3 is 5.32 Å². The molecule has 0 spiro atoms. The molecule has 0 radical (unpaired) electrons. The molecule has 0 bridgehead atoms. The number of carbonyl (C=O) groups excluding carboxylic acids is 1. The maximum atomic E-state index is 11.8. The molecule has 0 saturated heterocycles.